The Morgan fingerprint density at radius 1 is 1.38 bits per heavy atom. The monoisotopic (exact) mass is 236 g/mol. The van der Waals surface area contributed by atoms with E-state index in [2.05, 4.69) is 0 Å². The normalized spacial score (nSPS) is 12.9. The van der Waals surface area contributed by atoms with E-state index < -0.39 is 0 Å². The van der Waals surface area contributed by atoms with Crippen molar-refractivity contribution in [3.8, 4) is 0 Å². The molecule has 0 aromatic heterocycles. The maximum absolute atomic E-state index is 12.1. The molecule has 86 valence electrons. The summed E-state index contributed by atoms with van der Waals surface area (Å²) in [7, 11) is 0. The van der Waals surface area contributed by atoms with E-state index in [-0.39, 0.29) is 11.7 Å². The number of benzene rings is 1. The van der Waals surface area contributed by atoms with Crippen LogP contribution < -0.4 is 0 Å². The minimum Gasteiger partial charge on any atom is -0.294 e. The van der Waals surface area contributed by atoms with Gasteiger partial charge in [-0.25, -0.2) is 0 Å². The van der Waals surface area contributed by atoms with Gasteiger partial charge in [0.25, 0.3) is 0 Å². The molecule has 0 fully saturated rings. The van der Waals surface area contributed by atoms with E-state index in [1.54, 1.807) is 0 Å². The SMILES string of the molecule is CC[C@H](/C=C/CCCl)C(=O)c1ccccc1. The number of hydrogen-bond donors (Lipinski definition) is 0. The summed E-state index contributed by atoms with van der Waals surface area (Å²) in [5.74, 6) is 0.770. The van der Waals surface area contributed by atoms with E-state index in [1.165, 1.54) is 0 Å². The van der Waals surface area contributed by atoms with Crippen molar-refractivity contribution in [2.24, 2.45) is 5.92 Å². The molecule has 0 aliphatic carbocycles. The topological polar surface area (TPSA) is 17.1 Å². The minimum absolute atomic E-state index is 0.0226. The number of carbonyl (C=O) groups is 1. The van der Waals surface area contributed by atoms with E-state index in [0.717, 1.165) is 18.4 Å². The second kappa shape index (κ2) is 7.24. The Kier molecular flexibility index (Phi) is 5.87. The average molecular weight is 237 g/mol. The minimum atomic E-state index is -0.0226. The summed E-state index contributed by atoms with van der Waals surface area (Å²) in [5, 5.41) is 0. The molecule has 0 saturated carbocycles. The lowest BCUT2D eigenvalue weighted by atomic mass is 9.95. The smallest absolute Gasteiger partial charge is 0.169 e. The fourth-order valence-electron chi connectivity index (χ4n) is 1.55. The molecule has 1 nitrogen and oxygen atoms in total. The third-order valence-corrected chi connectivity index (χ3v) is 2.70. The molecular formula is C14H17ClO. The number of carbonyl (C=O) groups excluding carboxylic acids is 1. The molecule has 0 radical (unpaired) electrons. The lowest BCUT2D eigenvalue weighted by Crippen LogP contribution is -2.11. The van der Waals surface area contributed by atoms with Gasteiger partial charge in [-0.15, -0.1) is 11.6 Å². The highest BCUT2D eigenvalue weighted by molar-refractivity contribution is 6.17. The summed E-state index contributed by atoms with van der Waals surface area (Å²) in [6, 6.07) is 9.42. The second-order valence-electron chi connectivity index (χ2n) is 3.65. The van der Waals surface area contributed by atoms with Gasteiger partial charge in [-0.1, -0.05) is 49.4 Å². The van der Waals surface area contributed by atoms with Gasteiger partial charge < -0.3 is 0 Å². The van der Waals surface area contributed by atoms with Crippen LogP contribution in [0.1, 0.15) is 30.1 Å². The predicted octanol–water partition coefficient (Wildman–Crippen LogP) is 4.08. The Labute approximate surface area is 102 Å². The second-order valence-corrected chi connectivity index (χ2v) is 4.03. The Hall–Kier alpha value is -1.08. The molecule has 0 unspecified atom stereocenters. The summed E-state index contributed by atoms with van der Waals surface area (Å²) in [6.07, 6.45) is 5.60. The highest BCUT2D eigenvalue weighted by Gasteiger charge is 2.14. The highest BCUT2D eigenvalue weighted by atomic mass is 35.5. The van der Waals surface area contributed by atoms with Gasteiger partial charge in [0.1, 0.15) is 0 Å². The molecule has 0 N–H and O–H groups in total. The lowest BCUT2D eigenvalue weighted by Gasteiger charge is -2.08. The number of rotatable bonds is 6. The van der Waals surface area contributed by atoms with Gasteiger partial charge in [-0.3, -0.25) is 4.79 Å². The van der Waals surface area contributed by atoms with Crippen molar-refractivity contribution < 1.29 is 4.79 Å². The first-order valence-corrected chi connectivity index (χ1v) is 6.15. The summed E-state index contributed by atoms with van der Waals surface area (Å²) in [6.45, 7) is 2.02. The van der Waals surface area contributed by atoms with Gasteiger partial charge in [0.05, 0.1) is 0 Å². The molecule has 1 atom stereocenters. The molecular weight excluding hydrogens is 220 g/mol. The first-order chi connectivity index (χ1) is 7.79. The maximum Gasteiger partial charge on any atom is 0.169 e. The lowest BCUT2D eigenvalue weighted by molar-refractivity contribution is 0.0943. The Morgan fingerprint density at radius 2 is 2.06 bits per heavy atom. The van der Waals surface area contributed by atoms with Gasteiger partial charge in [-0.05, 0) is 12.8 Å². The number of allylic oxidation sites excluding steroid dienone is 2. The van der Waals surface area contributed by atoms with Gasteiger partial charge in [0.2, 0.25) is 0 Å². The van der Waals surface area contributed by atoms with Gasteiger partial charge >= 0.3 is 0 Å². The van der Waals surface area contributed by atoms with Gasteiger partial charge in [-0.2, -0.15) is 0 Å². The van der Waals surface area contributed by atoms with Crippen LogP contribution in [0.15, 0.2) is 42.5 Å². The molecule has 0 aliphatic rings. The standard InChI is InChI=1S/C14H17ClO/c1-2-12(8-6-7-11-15)14(16)13-9-4-3-5-10-13/h3-6,8-10,12H,2,7,11H2,1H3/b8-6+/t12-/m1/s1. The van der Waals surface area contributed by atoms with Crippen LogP contribution in [0.5, 0.6) is 0 Å². The van der Waals surface area contributed by atoms with Crippen molar-refractivity contribution in [1.29, 1.82) is 0 Å². The third kappa shape index (κ3) is 3.82. The van der Waals surface area contributed by atoms with Crippen LogP contribution in [0.3, 0.4) is 0 Å². The van der Waals surface area contributed by atoms with Gasteiger partial charge in [0, 0.05) is 17.4 Å². The van der Waals surface area contributed by atoms with Crippen molar-refractivity contribution in [3.05, 3.63) is 48.0 Å². The average Bonchev–Trinajstić information content (AvgIpc) is 2.35. The molecule has 1 aromatic rings. The van der Waals surface area contributed by atoms with E-state index in [0.29, 0.717) is 5.88 Å². The van der Waals surface area contributed by atoms with E-state index in [4.69, 9.17) is 11.6 Å². The summed E-state index contributed by atoms with van der Waals surface area (Å²) in [5.41, 5.74) is 0.782. The Balaban J connectivity index is 2.70. The molecule has 0 bridgehead atoms. The number of halogens is 1. The highest BCUT2D eigenvalue weighted by Crippen LogP contribution is 2.14. The molecule has 0 aliphatic heterocycles. The molecule has 1 aromatic carbocycles. The number of ketones is 1. The number of Topliss-reactive ketones (excluding diaryl/α,β-unsaturated/α-hetero) is 1. The first-order valence-electron chi connectivity index (χ1n) is 5.61. The zero-order valence-electron chi connectivity index (χ0n) is 9.53. The van der Waals surface area contributed by atoms with Gasteiger partial charge in [0.15, 0.2) is 5.78 Å². The van der Waals surface area contributed by atoms with Crippen molar-refractivity contribution in [3.63, 3.8) is 0 Å². The molecule has 0 heterocycles. The number of alkyl halides is 1. The Bertz CT molecular complexity index is 343. The number of hydrogen-bond acceptors (Lipinski definition) is 1. The maximum atomic E-state index is 12.1. The fraction of sp³-hybridized carbons (Fsp3) is 0.357. The van der Waals surface area contributed by atoms with Crippen molar-refractivity contribution in [2.45, 2.75) is 19.8 Å². The van der Waals surface area contributed by atoms with Crippen LogP contribution in [-0.4, -0.2) is 11.7 Å². The quantitative estimate of drug-likeness (QED) is 0.413. The summed E-state index contributed by atoms with van der Waals surface area (Å²) in [4.78, 5) is 12.1. The molecule has 0 amide bonds. The first kappa shape index (κ1) is 13.0. The van der Waals surface area contributed by atoms with Crippen molar-refractivity contribution in [1.82, 2.24) is 0 Å². The molecule has 1 rings (SSSR count). The molecule has 16 heavy (non-hydrogen) atoms. The van der Waals surface area contributed by atoms with E-state index in [9.17, 15) is 4.79 Å². The molecule has 2 heteroatoms. The predicted molar refractivity (Wildman–Crippen MR) is 69.0 cm³/mol. The van der Waals surface area contributed by atoms with Crippen LogP contribution in [0.4, 0.5) is 0 Å². The zero-order chi connectivity index (χ0) is 11.8. The van der Waals surface area contributed by atoms with E-state index in [1.807, 2.05) is 49.4 Å². The summed E-state index contributed by atoms with van der Waals surface area (Å²) >= 11 is 5.59. The third-order valence-electron chi connectivity index (χ3n) is 2.48. The van der Waals surface area contributed by atoms with Crippen LogP contribution in [0.2, 0.25) is 0 Å². The van der Waals surface area contributed by atoms with E-state index >= 15 is 0 Å². The summed E-state index contributed by atoms with van der Waals surface area (Å²) < 4.78 is 0. The largest absolute Gasteiger partial charge is 0.294 e. The fourth-order valence-corrected chi connectivity index (χ4v) is 1.67. The van der Waals surface area contributed by atoms with Crippen LogP contribution in [-0.2, 0) is 0 Å². The van der Waals surface area contributed by atoms with Crippen LogP contribution in [0, 0.1) is 5.92 Å². The molecule has 0 spiro atoms. The van der Waals surface area contributed by atoms with Crippen LogP contribution >= 0.6 is 11.6 Å². The Morgan fingerprint density at radius 3 is 2.62 bits per heavy atom. The van der Waals surface area contributed by atoms with Crippen molar-refractivity contribution >= 4 is 17.4 Å². The van der Waals surface area contributed by atoms with Crippen molar-refractivity contribution in [2.75, 3.05) is 5.88 Å². The molecule has 0 saturated heterocycles. The van der Waals surface area contributed by atoms with Crippen LogP contribution in [0.25, 0.3) is 0 Å². The zero-order valence-corrected chi connectivity index (χ0v) is 10.3.